The van der Waals surface area contributed by atoms with Crippen LogP contribution in [-0.4, -0.2) is 10.6 Å². The summed E-state index contributed by atoms with van der Waals surface area (Å²) in [5.41, 5.74) is 9.01. The van der Waals surface area contributed by atoms with Gasteiger partial charge in [-0.1, -0.05) is 38.0 Å². The summed E-state index contributed by atoms with van der Waals surface area (Å²) in [6.07, 6.45) is 9.92. The third-order valence-corrected chi connectivity index (χ3v) is 4.81. The molecule has 2 aromatic rings. The molecule has 2 nitrogen and oxygen atoms in total. The zero-order chi connectivity index (χ0) is 13.9. The van der Waals surface area contributed by atoms with Crippen molar-refractivity contribution in [3.63, 3.8) is 0 Å². The molecular weight excluding hydrogens is 244 g/mol. The van der Waals surface area contributed by atoms with Gasteiger partial charge in [-0.15, -0.1) is 0 Å². The van der Waals surface area contributed by atoms with E-state index in [-0.39, 0.29) is 6.04 Å². The molecule has 1 unspecified atom stereocenters. The van der Waals surface area contributed by atoms with Crippen molar-refractivity contribution in [2.75, 3.05) is 0 Å². The Morgan fingerprint density at radius 1 is 1.25 bits per heavy atom. The van der Waals surface area contributed by atoms with Crippen molar-refractivity contribution in [1.29, 1.82) is 0 Å². The van der Waals surface area contributed by atoms with Crippen LogP contribution in [0.1, 0.15) is 44.6 Å². The van der Waals surface area contributed by atoms with E-state index in [1.54, 1.807) is 0 Å². The molecule has 1 atom stereocenters. The Bertz CT molecular complexity index is 564. The SMILES string of the molecule is CCC(N)Cc1cccc2ccn(CC3CCCC3)c12. The molecule has 1 heterocycles. The first-order valence-electron chi connectivity index (χ1n) is 8.10. The van der Waals surface area contributed by atoms with Crippen LogP contribution in [0.4, 0.5) is 0 Å². The number of nitrogens with zero attached hydrogens (tertiary/aromatic N) is 1. The summed E-state index contributed by atoms with van der Waals surface area (Å²) in [6.45, 7) is 3.35. The monoisotopic (exact) mass is 270 g/mol. The first-order chi connectivity index (χ1) is 9.78. The molecule has 2 N–H and O–H groups in total. The van der Waals surface area contributed by atoms with Gasteiger partial charge in [0.05, 0.1) is 5.52 Å². The second-order valence-electron chi connectivity index (χ2n) is 6.35. The summed E-state index contributed by atoms with van der Waals surface area (Å²) in [6, 6.07) is 9.17. The van der Waals surface area contributed by atoms with Crippen LogP contribution in [0.2, 0.25) is 0 Å². The van der Waals surface area contributed by atoms with E-state index in [0.717, 1.165) is 18.8 Å². The molecule has 1 saturated carbocycles. The van der Waals surface area contributed by atoms with Gasteiger partial charge in [-0.3, -0.25) is 0 Å². The van der Waals surface area contributed by atoms with Crippen molar-refractivity contribution in [1.82, 2.24) is 4.57 Å². The van der Waals surface area contributed by atoms with Crippen molar-refractivity contribution in [3.05, 3.63) is 36.0 Å². The topological polar surface area (TPSA) is 30.9 Å². The lowest BCUT2D eigenvalue weighted by molar-refractivity contribution is 0.465. The Hall–Kier alpha value is -1.28. The minimum atomic E-state index is 0.274. The van der Waals surface area contributed by atoms with Crippen LogP contribution in [0.15, 0.2) is 30.5 Å². The van der Waals surface area contributed by atoms with Gasteiger partial charge in [-0.2, -0.15) is 0 Å². The van der Waals surface area contributed by atoms with Gasteiger partial charge in [0.1, 0.15) is 0 Å². The maximum atomic E-state index is 6.17. The van der Waals surface area contributed by atoms with Gasteiger partial charge in [-0.05, 0) is 48.6 Å². The zero-order valence-corrected chi connectivity index (χ0v) is 12.5. The van der Waals surface area contributed by atoms with Crippen molar-refractivity contribution >= 4 is 10.9 Å². The predicted molar refractivity (Wildman–Crippen MR) is 85.9 cm³/mol. The van der Waals surface area contributed by atoms with Crippen LogP contribution in [0, 0.1) is 5.92 Å². The molecule has 0 aliphatic heterocycles. The van der Waals surface area contributed by atoms with Crippen molar-refractivity contribution in [2.24, 2.45) is 11.7 Å². The Labute approximate surface area is 122 Å². The first kappa shape index (κ1) is 13.7. The molecule has 3 rings (SSSR count). The van der Waals surface area contributed by atoms with Crippen molar-refractivity contribution < 1.29 is 0 Å². The Morgan fingerprint density at radius 3 is 2.80 bits per heavy atom. The molecule has 0 amide bonds. The summed E-state index contributed by atoms with van der Waals surface area (Å²) in [5, 5.41) is 1.36. The number of hydrogen-bond acceptors (Lipinski definition) is 1. The lowest BCUT2D eigenvalue weighted by Crippen LogP contribution is -2.21. The van der Waals surface area contributed by atoms with Gasteiger partial charge in [0.25, 0.3) is 0 Å². The quantitative estimate of drug-likeness (QED) is 0.871. The number of rotatable bonds is 5. The first-order valence-corrected chi connectivity index (χ1v) is 8.10. The van der Waals surface area contributed by atoms with E-state index >= 15 is 0 Å². The summed E-state index contributed by atoms with van der Waals surface area (Å²) in [7, 11) is 0. The van der Waals surface area contributed by atoms with E-state index in [4.69, 9.17) is 5.73 Å². The van der Waals surface area contributed by atoms with E-state index < -0.39 is 0 Å². The maximum absolute atomic E-state index is 6.17. The van der Waals surface area contributed by atoms with Gasteiger partial charge >= 0.3 is 0 Å². The Balaban J connectivity index is 1.91. The fourth-order valence-corrected chi connectivity index (χ4v) is 3.56. The lowest BCUT2D eigenvalue weighted by Gasteiger charge is -2.15. The van der Waals surface area contributed by atoms with Gasteiger partial charge in [0, 0.05) is 18.8 Å². The molecule has 1 fully saturated rings. The van der Waals surface area contributed by atoms with Crippen LogP contribution < -0.4 is 5.73 Å². The Morgan fingerprint density at radius 2 is 2.05 bits per heavy atom. The third kappa shape index (κ3) is 2.76. The highest BCUT2D eigenvalue weighted by Crippen LogP contribution is 2.29. The number of para-hydroxylation sites is 1. The van der Waals surface area contributed by atoms with E-state index in [2.05, 4.69) is 42.0 Å². The average molecular weight is 270 g/mol. The molecule has 0 radical (unpaired) electrons. The van der Waals surface area contributed by atoms with Crippen LogP contribution >= 0.6 is 0 Å². The van der Waals surface area contributed by atoms with E-state index in [1.807, 2.05) is 0 Å². The normalized spacial score (nSPS) is 17.9. The molecule has 1 aliphatic rings. The van der Waals surface area contributed by atoms with Crippen LogP contribution in [-0.2, 0) is 13.0 Å². The third-order valence-electron chi connectivity index (χ3n) is 4.81. The molecule has 2 heteroatoms. The van der Waals surface area contributed by atoms with Gasteiger partial charge in [-0.25, -0.2) is 0 Å². The van der Waals surface area contributed by atoms with Gasteiger partial charge < -0.3 is 10.3 Å². The molecule has 1 aromatic heterocycles. The second kappa shape index (κ2) is 6.01. The number of hydrogen-bond donors (Lipinski definition) is 1. The molecule has 0 spiro atoms. The number of benzene rings is 1. The minimum absolute atomic E-state index is 0.274. The zero-order valence-electron chi connectivity index (χ0n) is 12.5. The summed E-state index contributed by atoms with van der Waals surface area (Å²) in [4.78, 5) is 0. The fraction of sp³-hybridized carbons (Fsp3) is 0.556. The molecule has 1 aliphatic carbocycles. The van der Waals surface area contributed by atoms with Crippen LogP contribution in [0.25, 0.3) is 10.9 Å². The molecule has 0 saturated heterocycles. The van der Waals surface area contributed by atoms with Crippen LogP contribution in [0.5, 0.6) is 0 Å². The highest BCUT2D eigenvalue weighted by molar-refractivity contribution is 5.83. The maximum Gasteiger partial charge on any atom is 0.0513 e. The number of nitrogens with two attached hydrogens (primary N) is 1. The summed E-state index contributed by atoms with van der Waals surface area (Å²) >= 11 is 0. The standard InChI is InChI=1S/C18H26N2/c1-2-17(19)12-16-9-5-8-15-10-11-20(18(15)16)13-14-6-3-4-7-14/h5,8-11,14,17H,2-4,6-7,12-13,19H2,1H3. The summed E-state index contributed by atoms with van der Waals surface area (Å²) in [5.74, 6) is 0.874. The second-order valence-corrected chi connectivity index (χ2v) is 6.35. The highest BCUT2D eigenvalue weighted by atomic mass is 15.0. The van der Waals surface area contributed by atoms with Crippen LogP contribution in [0.3, 0.4) is 0 Å². The molecule has 1 aromatic carbocycles. The van der Waals surface area contributed by atoms with E-state index in [1.165, 1.54) is 48.7 Å². The number of fused-ring (bicyclic) bond motifs is 1. The smallest absolute Gasteiger partial charge is 0.0513 e. The predicted octanol–water partition coefficient (Wildman–Crippen LogP) is 4.11. The van der Waals surface area contributed by atoms with E-state index in [9.17, 15) is 0 Å². The number of aromatic nitrogens is 1. The van der Waals surface area contributed by atoms with Gasteiger partial charge in [0.2, 0.25) is 0 Å². The molecular formula is C18H26N2. The molecule has 0 bridgehead atoms. The average Bonchev–Trinajstić information content (AvgIpc) is 3.10. The summed E-state index contributed by atoms with van der Waals surface area (Å²) < 4.78 is 2.48. The highest BCUT2D eigenvalue weighted by Gasteiger charge is 2.17. The van der Waals surface area contributed by atoms with E-state index in [0.29, 0.717) is 0 Å². The largest absolute Gasteiger partial charge is 0.347 e. The van der Waals surface area contributed by atoms with Crippen molar-refractivity contribution in [3.8, 4) is 0 Å². The van der Waals surface area contributed by atoms with Crippen molar-refractivity contribution in [2.45, 2.75) is 58.0 Å². The molecule has 108 valence electrons. The Kier molecular flexibility index (Phi) is 4.11. The van der Waals surface area contributed by atoms with Gasteiger partial charge in [0.15, 0.2) is 0 Å². The lowest BCUT2D eigenvalue weighted by atomic mass is 10.0. The molecule has 20 heavy (non-hydrogen) atoms. The minimum Gasteiger partial charge on any atom is -0.347 e. The fourth-order valence-electron chi connectivity index (χ4n) is 3.56.